The van der Waals surface area contributed by atoms with Gasteiger partial charge in [-0.1, -0.05) is 47.1 Å². The van der Waals surface area contributed by atoms with Crippen molar-refractivity contribution in [2.45, 2.75) is 26.0 Å². The number of fused-ring (bicyclic) bond motifs is 1. The van der Waals surface area contributed by atoms with Crippen LogP contribution in [0.5, 0.6) is 0 Å². The van der Waals surface area contributed by atoms with Gasteiger partial charge in [-0.15, -0.1) is 0 Å². The SMILES string of the molecule is CCc1nc2ccccc2n1CC(=O)N1CCOC(c2ccc(Br)cc2)C1. The summed E-state index contributed by atoms with van der Waals surface area (Å²) in [5, 5.41) is 0. The third kappa shape index (κ3) is 3.77. The fourth-order valence-electron chi connectivity index (χ4n) is 3.56. The lowest BCUT2D eigenvalue weighted by Gasteiger charge is -2.33. The molecule has 1 fully saturated rings. The number of imidazole rings is 1. The third-order valence-corrected chi connectivity index (χ3v) is 5.53. The number of nitrogens with zero attached hydrogens (tertiary/aromatic N) is 3. The summed E-state index contributed by atoms with van der Waals surface area (Å²) in [5.41, 5.74) is 3.05. The molecule has 5 nitrogen and oxygen atoms in total. The molecule has 1 amide bonds. The van der Waals surface area contributed by atoms with Crippen molar-refractivity contribution in [1.29, 1.82) is 0 Å². The van der Waals surface area contributed by atoms with Crippen molar-refractivity contribution < 1.29 is 9.53 Å². The molecule has 0 bridgehead atoms. The van der Waals surface area contributed by atoms with Crippen molar-refractivity contribution in [3.63, 3.8) is 0 Å². The van der Waals surface area contributed by atoms with E-state index in [2.05, 4.69) is 27.8 Å². The first-order valence-corrected chi connectivity index (χ1v) is 10.0. The van der Waals surface area contributed by atoms with Gasteiger partial charge in [0.1, 0.15) is 18.5 Å². The van der Waals surface area contributed by atoms with Gasteiger partial charge in [-0.05, 0) is 29.8 Å². The third-order valence-electron chi connectivity index (χ3n) is 5.00. The molecule has 6 heteroatoms. The molecule has 0 saturated carbocycles. The topological polar surface area (TPSA) is 47.4 Å². The van der Waals surface area contributed by atoms with Crippen LogP contribution in [0.2, 0.25) is 0 Å². The number of carbonyl (C=O) groups excluding carboxylic acids is 1. The molecule has 0 radical (unpaired) electrons. The maximum atomic E-state index is 13.0. The first-order valence-electron chi connectivity index (χ1n) is 9.24. The zero-order valence-corrected chi connectivity index (χ0v) is 16.9. The quantitative estimate of drug-likeness (QED) is 0.632. The van der Waals surface area contributed by atoms with Gasteiger partial charge in [-0.25, -0.2) is 4.98 Å². The largest absolute Gasteiger partial charge is 0.370 e. The zero-order valence-electron chi connectivity index (χ0n) is 15.3. The van der Waals surface area contributed by atoms with E-state index in [9.17, 15) is 4.79 Å². The first kappa shape index (κ1) is 18.2. The van der Waals surface area contributed by atoms with Crippen molar-refractivity contribution in [3.8, 4) is 0 Å². The number of rotatable bonds is 4. The van der Waals surface area contributed by atoms with E-state index in [-0.39, 0.29) is 12.0 Å². The second kappa shape index (κ2) is 7.82. The molecule has 3 aromatic rings. The number of morpholine rings is 1. The van der Waals surface area contributed by atoms with Gasteiger partial charge in [0.05, 0.1) is 24.2 Å². The van der Waals surface area contributed by atoms with Crippen LogP contribution in [0, 0.1) is 0 Å². The van der Waals surface area contributed by atoms with Crippen LogP contribution in [0.1, 0.15) is 24.4 Å². The molecular formula is C21H22BrN3O2. The highest BCUT2D eigenvalue weighted by Crippen LogP contribution is 2.24. The Balaban J connectivity index is 1.52. The van der Waals surface area contributed by atoms with Gasteiger partial charge >= 0.3 is 0 Å². The summed E-state index contributed by atoms with van der Waals surface area (Å²) in [7, 11) is 0. The monoisotopic (exact) mass is 427 g/mol. The van der Waals surface area contributed by atoms with Crippen LogP contribution >= 0.6 is 15.9 Å². The van der Waals surface area contributed by atoms with E-state index in [0.29, 0.717) is 26.2 Å². The molecule has 2 heterocycles. The number of aryl methyl sites for hydroxylation is 1. The minimum Gasteiger partial charge on any atom is -0.370 e. The molecular weight excluding hydrogens is 406 g/mol. The maximum absolute atomic E-state index is 13.0. The number of aromatic nitrogens is 2. The van der Waals surface area contributed by atoms with Crippen LogP contribution in [-0.2, 0) is 22.5 Å². The van der Waals surface area contributed by atoms with Crippen LogP contribution in [0.25, 0.3) is 11.0 Å². The number of carbonyl (C=O) groups is 1. The van der Waals surface area contributed by atoms with E-state index in [1.807, 2.05) is 58.0 Å². The Morgan fingerprint density at radius 2 is 2.00 bits per heavy atom. The Labute approximate surface area is 167 Å². The van der Waals surface area contributed by atoms with Crippen molar-refractivity contribution in [2.75, 3.05) is 19.7 Å². The number of para-hydroxylation sites is 2. The summed E-state index contributed by atoms with van der Waals surface area (Å²) in [6, 6.07) is 16.1. The molecule has 1 atom stereocenters. The summed E-state index contributed by atoms with van der Waals surface area (Å²) in [4.78, 5) is 19.6. The fourth-order valence-corrected chi connectivity index (χ4v) is 3.83. The predicted molar refractivity (Wildman–Crippen MR) is 109 cm³/mol. The first-order chi connectivity index (χ1) is 13.2. The number of ether oxygens (including phenoxy) is 1. The average molecular weight is 428 g/mol. The Morgan fingerprint density at radius 3 is 2.78 bits per heavy atom. The van der Waals surface area contributed by atoms with E-state index in [1.54, 1.807) is 0 Å². The van der Waals surface area contributed by atoms with Gasteiger partial charge in [0.2, 0.25) is 5.91 Å². The van der Waals surface area contributed by atoms with Crippen LogP contribution in [0.4, 0.5) is 0 Å². The Hall–Kier alpha value is -2.18. The molecule has 1 saturated heterocycles. The highest BCUT2D eigenvalue weighted by Gasteiger charge is 2.26. The summed E-state index contributed by atoms with van der Waals surface area (Å²) in [6.07, 6.45) is 0.716. The second-order valence-electron chi connectivity index (χ2n) is 6.71. The van der Waals surface area contributed by atoms with Crippen molar-refractivity contribution in [3.05, 3.63) is 64.4 Å². The smallest absolute Gasteiger partial charge is 0.242 e. The molecule has 0 spiro atoms. The standard InChI is InChI=1S/C21H22BrN3O2/c1-2-20-23-17-5-3-4-6-18(17)25(20)14-21(26)24-11-12-27-19(13-24)15-7-9-16(22)10-8-15/h3-10,19H,2,11-14H2,1H3. The minimum absolute atomic E-state index is 0.0824. The number of hydrogen-bond acceptors (Lipinski definition) is 3. The van der Waals surface area contributed by atoms with Gasteiger partial charge < -0.3 is 14.2 Å². The van der Waals surface area contributed by atoms with E-state index >= 15 is 0 Å². The second-order valence-corrected chi connectivity index (χ2v) is 7.62. The number of amides is 1. The number of halogens is 1. The Morgan fingerprint density at radius 1 is 1.22 bits per heavy atom. The van der Waals surface area contributed by atoms with E-state index < -0.39 is 0 Å². The molecule has 140 valence electrons. The Kier molecular flexibility index (Phi) is 5.27. The van der Waals surface area contributed by atoms with Crippen LogP contribution in [-0.4, -0.2) is 40.1 Å². The van der Waals surface area contributed by atoms with Crippen molar-refractivity contribution >= 4 is 32.9 Å². The normalized spacial score (nSPS) is 17.4. The number of hydrogen-bond donors (Lipinski definition) is 0. The molecule has 1 unspecified atom stereocenters. The summed E-state index contributed by atoms with van der Waals surface area (Å²) < 4.78 is 8.99. The van der Waals surface area contributed by atoms with Gasteiger partial charge in [0.25, 0.3) is 0 Å². The highest BCUT2D eigenvalue weighted by atomic mass is 79.9. The molecule has 1 aliphatic rings. The molecule has 4 rings (SSSR count). The van der Waals surface area contributed by atoms with Crippen molar-refractivity contribution in [2.24, 2.45) is 0 Å². The van der Waals surface area contributed by atoms with E-state index in [0.717, 1.165) is 33.3 Å². The van der Waals surface area contributed by atoms with Crippen LogP contribution < -0.4 is 0 Å². The van der Waals surface area contributed by atoms with Crippen molar-refractivity contribution in [1.82, 2.24) is 14.5 Å². The predicted octanol–water partition coefficient (Wildman–Crippen LogP) is 3.96. The molecule has 0 N–H and O–H groups in total. The van der Waals surface area contributed by atoms with Gasteiger partial charge in [0.15, 0.2) is 0 Å². The molecule has 2 aromatic carbocycles. The number of benzene rings is 2. The van der Waals surface area contributed by atoms with Crippen LogP contribution in [0.15, 0.2) is 53.0 Å². The zero-order chi connectivity index (χ0) is 18.8. The summed E-state index contributed by atoms with van der Waals surface area (Å²) >= 11 is 3.46. The maximum Gasteiger partial charge on any atom is 0.242 e. The molecule has 1 aliphatic heterocycles. The summed E-state index contributed by atoms with van der Waals surface area (Å²) in [5.74, 6) is 1.06. The molecule has 0 aliphatic carbocycles. The van der Waals surface area contributed by atoms with Gasteiger partial charge in [0, 0.05) is 17.4 Å². The van der Waals surface area contributed by atoms with Gasteiger partial charge in [-0.2, -0.15) is 0 Å². The Bertz CT molecular complexity index is 952. The highest BCUT2D eigenvalue weighted by molar-refractivity contribution is 9.10. The van der Waals surface area contributed by atoms with Crippen LogP contribution in [0.3, 0.4) is 0 Å². The fraction of sp³-hybridized carbons (Fsp3) is 0.333. The lowest BCUT2D eigenvalue weighted by atomic mass is 10.1. The van der Waals surface area contributed by atoms with Gasteiger partial charge in [-0.3, -0.25) is 4.79 Å². The molecule has 27 heavy (non-hydrogen) atoms. The van der Waals surface area contributed by atoms with E-state index in [1.165, 1.54) is 0 Å². The lowest BCUT2D eigenvalue weighted by Crippen LogP contribution is -2.43. The lowest BCUT2D eigenvalue weighted by molar-refractivity contribution is -0.139. The minimum atomic E-state index is -0.0824. The molecule has 1 aromatic heterocycles. The van der Waals surface area contributed by atoms with E-state index in [4.69, 9.17) is 4.74 Å². The summed E-state index contributed by atoms with van der Waals surface area (Å²) in [6.45, 7) is 4.14. The average Bonchev–Trinajstić information content (AvgIpc) is 3.06.